The maximum Gasteiger partial charge on any atom is 0.373 e. The lowest BCUT2D eigenvalue weighted by molar-refractivity contribution is -0.385. The van der Waals surface area contributed by atoms with Crippen LogP contribution in [0.25, 0.3) is 43.9 Å². The third-order valence-electron chi connectivity index (χ3n) is 14.2. The van der Waals surface area contributed by atoms with Crippen LogP contribution in [0.3, 0.4) is 0 Å². The number of rotatable bonds is 18. The van der Waals surface area contributed by atoms with Gasteiger partial charge < -0.3 is 83.4 Å². The summed E-state index contributed by atoms with van der Waals surface area (Å²) in [7, 11) is 10.4. The number of ether oxygens (including phenoxy) is 7. The molecule has 0 saturated carbocycles. The average molecular weight is 1340 g/mol. The van der Waals surface area contributed by atoms with Crippen LogP contribution in [-0.2, 0) is 27.3 Å². The van der Waals surface area contributed by atoms with Gasteiger partial charge in [0.25, 0.3) is 17.3 Å². The topological polar surface area (TPSA) is 397 Å². The van der Waals surface area contributed by atoms with Gasteiger partial charge in [0, 0.05) is 99.2 Å². The second kappa shape index (κ2) is 32.8. The number of nitrogens with zero attached hydrogens (tertiary/aromatic N) is 2. The van der Waals surface area contributed by atoms with Gasteiger partial charge in [-0.15, -0.1) is 0 Å². The van der Waals surface area contributed by atoms with E-state index in [1.165, 1.54) is 45.6 Å². The minimum absolute atomic E-state index is 0.0259. The molecule has 98 heavy (non-hydrogen) atoms. The largest absolute Gasteiger partial charge is 0.507 e. The Morgan fingerprint density at radius 3 is 1.35 bits per heavy atom. The van der Waals surface area contributed by atoms with Crippen LogP contribution in [0.1, 0.15) is 63.7 Å². The number of carbonyl (C=O) groups is 5. The van der Waals surface area contributed by atoms with Crippen molar-refractivity contribution < 1.29 is 89.8 Å². The van der Waals surface area contributed by atoms with Gasteiger partial charge in [0.15, 0.2) is 12.0 Å². The van der Waals surface area contributed by atoms with Crippen molar-refractivity contribution in [2.24, 2.45) is 0 Å². The number of hydrogen-bond acceptors (Lipinski definition) is 25. The standard InChI is InChI=1S/C24H23N3O4.C19H19NO5.C10H7NO5.C10H9NO3.C7H5NO4/c1-29-18-9-7-15(22(13-18)30-2)14-26-17-8-10-21-16(11-17)12-23(31-21)24(28)27-20-6-4-3-5-19(20)25;1-22-15-6-4-12(17(10-15)23-2)11-20-14-5-7-16-13(8-14)9-18(25-16)19(21)24-3;1-15-10(12)9-5-6-4-7(11(13)14)2-3-8(6)16-9;1-13-10(12)9-5-6-4-7(11)2-3-8(6)14-9;9-4-5-3-6(8(11)12)1-2-7(5)10/h3-13,26H,14,25H2,1-2H3,(H,27,28);4-10,20H,11H2,1-3H3;2-5H,1H3;2-5H,11H2,1H3;1-4,10H. The molecule has 4 heterocycles. The number of aldehydes is 1. The van der Waals surface area contributed by atoms with Gasteiger partial charge >= 0.3 is 17.9 Å². The molecule has 0 spiro atoms. The van der Waals surface area contributed by atoms with Crippen molar-refractivity contribution in [2.75, 3.05) is 77.2 Å². The molecule has 4 aromatic heterocycles. The fourth-order valence-electron chi connectivity index (χ4n) is 9.16. The minimum atomic E-state index is -0.633. The van der Waals surface area contributed by atoms with E-state index in [9.17, 15) is 44.2 Å². The zero-order chi connectivity index (χ0) is 70.6. The highest BCUT2D eigenvalue weighted by Gasteiger charge is 2.19. The number of carbonyl (C=O) groups excluding carboxylic acids is 5. The smallest absolute Gasteiger partial charge is 0.373 e. The number of nitrogens with two attached hydrogens (primary N) is 2. The number of non-ortho nitro benzene ring substituents is 2. The minimum Gasteiger partial charge on any atom is -0.507 e. The van der Waals surface area contributed by atoms with Gasteiger partial charge in [-0.3, -0.25) is 29.8 Å². The number of hydrogen-bond donors (Lipinski definition) is 6. The summed E-state index contributed by atoms with van der Waals surface area (Å²) in [5.74, 6) is 1.40. The lowest BCUT2D eigenvalue weighted by Crippen LogP contribution is -2.12. The Labute approximate surface area is 556 Å². The summed E-state index contributed by atoms with van der Waals surface area (Å²) in [5, 5.41) is 42.1. The Bertz CT molecular complexity index is 4880. The van der Waals surface area contributed by atoms with E-state index in [0.29, 0.717) is 64.2 Å². The SMILES string of the molecule is COC(=O)c1cc2cc(N)ccc2o1.COC(=O)c1cc2cc(NCc3ccc(OC)cc3OC)ccc2o1.COC(=O)c1cc2cc([N+](=O)[O-])ccc2o1.COc1ccc(CNc2ccc3oc(C(=O)Nc4ccccc4N)cc3c2)c(OC)c1.O=Cc1cc([N+](=O)[O-])ccc1O. The highest BCUT2D eigenvalue weighted by molar-refractivity contribution is 6.06. The van der Waals surface area contributed by atoms with E-state index in [-0.39, 0.29) is 51.6 Å². The van der Waals surface area contributed by atoms with Crippen LogP contribution in [0.15, 0.2) is 194 Å². The first-order chi connectivity index (χ1) is 47.2. The number of nitrogen functional groups attached to an aromatic ring is 2. The number of anilines is 5. The maximum atomic E-state index is 12.6. The predicted octanol–water partition coefficient (Wildman–Crippen LogP) is 13.8. The number of aromatic hydroxyl groups is 1. The first-order valence-electron chi connectivity index (χ1n) is 29.0. The van der Waals surface area contributed by atoms with Gasteiger partial charge in [0.05, 0.1) is 76.6 Å². The van der Waals surface area contributed by atoms with Crippen LogP contribution in [-0.4, -0.2) is 94.8 Å². The van der Waals surface area contributed by atoms with Crippen LogP contribution >= 0.6 is 0 Å². The Hall–Kier alpha value is -13.5. The van der Waals surface area contributed by atoms with E-state index in [0.717, 1.165) is 79.9 Å². The fourth-order valence-corrected chi connectivity index (χ4v) is 9.16. The molecule has 0 saturated heterocycles. The predicted molar refractivity (Wildman–Crippen MR) is 363 cm³/mol. The number of nitro groups is 2. The summed E-state index contributed by atoms with van der Waals surface area (Å²) in [4.78, 5) is 76.2. The molecule has 28 nitrogen and oxygen atoms in total. The molecule has 12 rings (SSSR count). The molecule has 0 radical (unpaired) electrons. The highest BCUT2D eigenvalue weighted by atomic mass is 16.6. The van der Waals surface area contributed by atoms with E-state index in [4.69, 9.17) is 53.2 Å². The van der Waals surface area contributed by atoms with Crippen LogP contribution in [0.5, 0.6) is 28.7 Å². The molecular weight excluding hydrogens is 1270 g/mol. The van der Waals surface area contributed by atoms with E-state index >= 15 is 0 Å². The van der Waals surface area contributed by atoms with Crippen molar-refractivity contribution in [1.82, 2.24) is 0 Å². The zero-order valence-corrected chi connectivity index (χ0v) is 53.4. The Kier molecular flexibility index (Phi) is 23.6. The Morgan fingerprint density at radius 2 is 0.898 bits per heavy atom. The van der Waals surface area contributed by atoms with Crippen LogP contribution in [0.4, 0.5) is 39.8 Å². The quantitative estimate of drug-likeness (QED) is 0.0116. The number of phenolic OH excluding ortho intramolecular Hbond substituents is 1. The fraction of sp³-hybridized carbons (Fsp3) is 0.129. The second-order valence-electron chi connectivity index (χ2n) is 20.4. The van der Waals surface area contributed by atoms with Gasteiger partial charge in [-0.1, -0.05) is 12.1 Å². The van der Waals surface area contributed by atoms with Gasteiger partial charge in [-0.2, -0.15) is 0 Å². The number of furan rings is 4. The third kappa shape index (κ3) is 18.0. The van der Waals surface area contributed by atoms with E-state index in [1.807, 2.05) is 78.9 Å². The monoisotopic (exact) mass is 1340 g/mol. The molecule has 0 fully saturated rings. The van der Waals surface area contributed by atoms with E-state index < -0.39 is 27.8 Å². The number of amides is 1. The van der Waals surface area contributed by atoms with E-state index in [1.54, 1.807) is 83.0 Å². The molecule has 8 aromatic carbocycles. The van der Waals surface area contributed by atoms with Crippen molar-refractivity contribution in [2.45, 2.75) is 13.1 Å². The summed E-state index contributed by atoms with van der Waals surface area (Å²) >= 11 is 0. The molecule has 504 valence electrons. The molecule has 12 aromatic rings. The van der Waals surface area contributed by atoms with Crippen LogP contribution in [0, 0.1) is 20.2 Å². The van der Waals surface area contributed by atoms with Gasteiger partial charge in [-0.25, -0.2) is 14.4 Å². The number of methoxy groups -OCH3 is 7. The lowest BCUT2D eigenvalue weighted by atomic mass is 10.1. The Balaban J connectivity index is 0.000000164. The van der Waals surface area contributed by atoms with Crippen molar-refractivity contribution in [3.05, 3.63) is 236 Å². The number of nitro benzene ring substituents is 2. The molecule has 28 heteroatoms. The zero-order valence-electron chi connectivity index (χ0n) is 53.4. The molecular formula is C70H63N7O21. The summed E-state index contributed by atoms with van der Waals surface area (Å²) in [6, 6.07) is 48.7. The summed E-state index contributed by atoms with van der Waals surface area (Å²) in [6.45, 7) is 1.15. The number of phenols is 1. The third-order valence-corrected chi connectivity index (χ3v) is 14.2. The summed E-state index contributed by atoms with van der Waals surface area (Å²) in [6.07, 6.45) is 0.363. The van der Waals surface area contributed by atoms with Crippen LogP contribution in [0.2, 0.25) is 0 Å². The number of nitrogens with one attached hydrogen (secondary N) is 3. The number of benzene rings is 8. The van der Waals surface area contributed by atoms with Crippen LogP contribution < -0.4 is 46.4 Å². The Morgan fingerprint density at radius 1 is 0.480 bits per heavy atom. The maximum absolute atomic E-state index is 12.6. The average Bonchev–Trinajstić information content (AvgIpc) is 1.69. The van der Waals surface area contributed by atoms with Gasteiger partial charge in [0.1, 0.15) is 51.1 Å². The van der Waals surface area contributed by atoms with Crippen molar-refractivity contribution in [3.8, 4) is 28.7 Å². The van der Waals surface area contributed by atoms with Crippen molar-refractivity contribution in [3.63, 3.8) is 0 Å². The van der Waals surface area contributed by atoms with E-state index in [2.05, 4.69) is 30.2 Å². The first kappa shape index (κ1) is 70.3. The van der Waals surface area contributed by atoms with Gasteiger partial charge in [-0.05, 0) is 127 Å². The van der Waals surface area contributed by atoms with Crippen molar-refractivity contribution in [1.29, 1.82) is 0 Å². The summed E-state index contributed by atoms with van der Waals surface area (Å²) in [5.41, 5.74) is 18.9. The molecule has 8 N–H and O–H groups in total. The molecule has 0 unspecified atom stereocenters. The first-order valence-corrected chi connectivity index (χ1v) is 29.0. The molecule has 0 aliphatic rings. The normalized spacial score (nSPS) is 10.4. The molecule has 0 aliphatic carbocycles. The van der Waals surface area contributed by atoms with Crippen molar-refractivity contribution >= 4 is 114 Å². The highest BCUT2D eigenvalue weighted by Crippen LogP contribution is 2.32. The number of fused-ring (bicyclic) bond motifs is 4. The lowest BCUT2D eigenvalue weighted by Gasteiger charge is -2.12. The number of para-hydroxylation sites is 2. The molecule has 1 amide bonds. The molecule has 0 aliphatic heterocycles. The number of esters is 3. The molecule has 0 atom stereocenters. The summed E-state index contributed by atoms with van der Waals surface area (Å²) < 4.78 is 56.5. The molecule has 0 bridgehead atoms. The van der Waals surface area contributed by atoms with Gasteiger partial charge in [0.2, 0.25) is 17.3 Å². The second-order valence-corrected chi connectivity index (χ2v) is 20.4.